The van der Waals surface area contributed by atoms with Crippen LogP contribution in [0.25, 0.3) is 6.08 Å². The molecule has 9 nitrogen and oxygen atoms in total. The van der Waals surface area contributed by atoms with Crippen molar-refractivity contribution in [1.29, 1.82) is 0 Å². The van der Waals surface area contributed by atoms with E-state index in [1.54, 1.807) is 13.8 Å². The second-order valence-corrected chi connectivity index (χ2v) is 8.29. The van der Waals surface area contributed by atoms with E-state index in [4.69, 9.17) is 14.2 Å². The Morgan fingerprint density at radius 1 is 0.939 bits per heavy atom. The zero-order chi connectivity index (χ0) is 24.1. The Bertz CT molecular complexity index is 1210. The molecule has 4 rings (SSSR count). The van der Waals surface area contributed by atoms with E-state index in [1.807, 2.05) is 0 Å². The highest BCUT2D eigenvalue weighted by Gasteiger charge is 2.37. The van der Waals surface area contributed by atoms with Gasteiger partial charge in [0.2, 0.25) is 0 Å². The number of fused-ring (bicyclic) bond motifs is 2. The maximum absolute atomic E-state index is 11.9. The molecule has 0 amide bonds. The quantitative estimate of drug-likeness (QED) is 0.499. The molecule has 174 valence electrons. The van der Waals surface area contributed by atoms with Crippen LogP contribution >= 0.6 is 0 Å². The van der Waals surface area contributed by atoms with Crippen molar-refractivity contribution in [2.75, 3.05) is 7.11 Å². The fourth-order valence-corrected chi connectivity index (χ4v) is 4.37. The van der Waals surface area contributed by atoms with E-state index in [-0.39, 0.29) is 59.8 Å². The maximum Gasteiger partial charge on any atom is 0.169 e. The van der Waals surface area contributed by atoms with Gasteiger partial charge in [0.15, 0.2) is 18.4 Å². The summed E-state index contributed by atoms with van der Waals surface area (Å²) in [5, 5.41) is 43.5. The number of aromatic hydroxyl groups is 4. The molecule has 2 aliphatic heterocycles. The average Bonchev–Trinajstić information content (AvgIpc) is 2.79. The largest absolute Gasteiger partial charge is 0.507 e. The molecule has 2 aliphatic rings. The summed E-state index contributed by atoms with van der Waals surface area (Å²) in [4.78, 5) is 23.6. The Hall–Kier alpha value is -3.56. The van der Waals surface area contributed by atoms with Crippen molar-refractivity contribution in [3.05, 3.63) is 50.3 Å². The Kier molecular flexibility index (Phi) is 5.55. The number of benzene rings is 2. The summed E-state index contributed by atoms with van der Waals surface area (Å²) in [6.45, 7) is 3.25. The zero-order valence-corrected chi connectivity index (χ0v) is 18.4. The standard InChI is InChI=1S/C24H24O9/c1-11-4-12-16(7-25)20(27)13(22(29)18(12)9-32-11)5-14-21(28)17(8-26)15-6-24(2,31-3)33-10-19(15)23(14)30/h4,7-8,27-30H,5-6,9-10H2,1-3H3. The number of rotatable bonds is 5. The van der Waals surface area contributed by atoms with E-state index in [1.165, 1.54) is 13.2 Å². The molecule has 33 heavy (non-hydrogen) atoms. The predicted molar refractivity (Wildman–Crippen MR) is 115 cm³/mol. The molecule has 1 atom stereocenters. The van der Waals surface area contributed by atoms with Crippen molar-refractivity contribution in [3.63, 3.8) is 0 Å². The summed E-state index contributed by atoms with van der Waals surface area (Å²) in [7, 11) is 1.45. The van der Waals surface area contributed by atoms with E-state index in [2.05, 4.69) is 0 Å². The number of ether oxygens (including phenoxy) is 3. The van der Waals surface area contributed by atoms with Gasteiger partial charge in [-0.1, -0.05) is 0 Å². The normalized spacial score (nSPS) is 19.2. The predicted octanol–water partition coefficient (Wildman–Crippen LogP) is 3.05. The molecule has 2 aromatic rings. The summed E-state index contributed by atoms with van der Waals surface area (Å²) in [5.74, 6) is -2.16. The van der Waals surface area contributed by atoms with Gasteiger partial charge in [-0.05, 0) is 25.5 Å². The number of methoxy groups -OCH3 is 1. The molecule has 2 heterocycles. The van der Waals surface area contributed by atoms with Gasteiger partial charge in [-0.25, -0.2) is 0 Å². The first-order chi connectivity index (χ1) is 15.7. The fraction of sp³-hybridized carbons (Fsp3) is 0.333. The van der Waals surface area contributed by atoms with Gasteiger partial charge in [0.1, 0.15) is 29.6 Å². The molecule has 0 aromatic heterocycles. The van der Waals surface area contributed by atoms with Crippen molar-refractivity contribution >= 4 is 18.6 Å². The van der Waals surface area contributed by atoms with Gasteiger partial charge >= 0.3 is 0 Å². The number of phenols is 4. The number of phenolic OH excluding ortho intramolecular Hbond substituents is 4. The second-order valence-electron chi connectivity index (χ2n) is 8.29. The SMILES string of the molecule is COC1(C)Cc2c(C=O)c(O)c(Cc3c(O)c(C=O)c4c(c3O)COC(C)=C4)c(O)c2CO1. The number of carbonyl (C=O) groups excluding carboxylic acids is 2. The van der Waals surface area contributed by atoms with Crippen LogP contribution < -0.4 is 0 Å². The average molecular weight is 456 g/mol. The minimum Gasteiger partial charge on any atom is -0.507 e. The third kappa shape index (κ3) is 3.49. The van der Waals surface area contributed by atoms with Crippen LogP contribution in [0.5, 0.6) is 23.0 Å². The highest BCUT2D eigenvalue weighted by molar-refractivity contribution is 5.90. The molecule has 0 fully saturated rings. The minimum absolute atomic E-state index is 0.0250. The fourth-order valence-electron chi connectivity index (χ4n) is 4.37. The summed E-state index contributed by atoms with van der Waals surface area (Å²) in [5.41, 5.74) is 1.05. The summed E-state index contributed by atoms with van der Waals surface area (Å²) in [6, 6.07) is 0. The molecule has 0 bridgehead atoms. The molecular weight excluding hydrogens is 432 g/mol. The van der Waals surface area contributed by atoms with Crippen molar-refractivity contribution < 1.29 is 44.2 Å². The topological polar surface area (TPSA) is 143 Å². The van der Waals surface area contributed by atoms with Crippen LogP contribution in [0.15, 0.2) is 5.76 Å². The number of hydrogen-bond acceptors (Lipinski definition) is 9. The van der Waals surface area contributed by atoms with Gasteiger partial charge in [0.05, 0.1) is 23.5 Å². The Labute approximate surface area is 189 Å². The Morgan fingerprint density at radius 2 is 1.55 bits per heavy atom. The third-order valence-electron chi connectivity index (χ3n) is 6.36. The number of carbonyl (C=O) groups is 2. The molecular formula is C24H24O9. The van der Waals surface area contributed by atoms with Gasteiger partial charge < -0.3 is 34.6 Å². The lowest BCUT2D eigenvalue weighted by molar-refractivity contribution is -0.223. The molecule has 9 heteroatoms. The van der Waals surface area contributed by atoms with E-state index < -0.39 is 17.3 Å². The van der Waals surface area contributed by atoms with Crippen molar-refractivity contribution in [2.24, 2.45) is 0 Å². The van der Waals surface area contributed by atoms with Crippen LogP contribution in [-0.2, 0) is 40.3 Å². The van der Waals surface area contributed by atoms with Gasteiger partial charge in [-0.15, -0.1) is 0 Å². The smallest absolute Gasteiger partial charge is 0.169 e. The molecule has 0 saturated carbocycles. The molecule has 0 saturated heterocycles. The molecule has 4 N–H and O–H groups in total. The van der Waals surface area contributed by atoms with Gasteiger partial charge in [-0.2, -0.15) is 0 Å². The highest BCUT2D eigenvalue weighted by Crippen LogP contribution is 2.47. The lowest BCUT2D eigenvalue weighted by atomic mass is 9.86. The van der Waals surface area contributed by atoms with Crippen molar-refractivity contribution in [1.82, 2.24) is 0 Å². The lowest BCUT2D eigenvalue weighted by Gasteiger charge is -2.35. The summed E-state index contributed by atoms with van der Waals surface area (Å²) >= 11 is 0. The summed E-state index contributed by atoms with van der Waals surface area (Å²) in [6.07, 6.45) is 2.23. The van der Waals surface area contributed by atoms with Crippen molar-refractivity contribution in [2.45, 2.75) is 45.7 Å². The Morgan fingerprint density at radius 3 is 2.15 bits per heavy atom. The Balaban J connectivity index is 1.90. The first kappa shape index (κ1) is 22.6. The van der Waals surface area contributed by atoms with Crippen molar-refractivity contribution in [3.8, 4) is 23.0 Å². The lowest BCUT2D eigenvalue weighted by Crippen LogP contribution is -2.37. The van der Waals surface area contributed by atoms with Crippen LogP contribution in [0.2, 0.25) is 0 Å². The van der Waals surface area contributed by atoms with Gasteiger partial charge in [0, 0.05) is 47.8 Å². The number of aldehydes is 2. The number of hydrogen-bond donors (Lipinski definition) is 4. The molecule has 2 aromatic carbocycles. The highest BCUT2D eigenvalue weighted by atomic mass is 16.7. The molecule has 0 aliphatic carbocycles. The monoisotopic (exact) mass is 456 g/mol. The van der Waals surface area contributed by atoms with Gasteiger partial charge in [0.25, 0.3) is 0 Å². The number of allylic oxidation sites excluding steroid dienone is 1. The van der Waals surface area contributed by atoms with Crippen LogP contribution in [0.1, 0.15) is 67.9 Å². The maximum atomic E-state index is 11.9. The van der Waals surface area contributed by atoms with Crippen LogP contribution in [-0.4, -0.2) is 45.9 Å². The van der Waals surface area contributed by atoms with Gasteiger partial charge in [-0.3, -0.25) is 9.59 Å². The van der Waals surface area contributed by atoms with E-state index in [0.717, 1.165) is 0 Å². The first-order valence-corrected chi connectivity index (χ1v) is 10.2. The van der Waals surface area contributed by atoms with Crippen LogP contribution in [0.4, 0.5) is 0 Å². The minimum atomic E-state index is -1.04. The molecule has 0 radical (unpaired) electrons. The van der Waals surface area contributed by atoms with E-state index in [0.29, 0.717) is 40.6 Å². The van der Waals surface area contributed by atoms with Crippen LogP contribution in [0.3, 0.4) is 0 Å². The third-order valence-corrected chi connectivity index (χ3v) is 6.36. The van der Waals surface area contributed by atoms with Crippen LogP contribution in [0, 0.1) is 0 Å². The second kappa shape index (κ2) is 8.09. The first-order valence-electron chi connectivity index (χ1n) is 10.2. The summed E-state index contributed by atoms with van der Waals surface area (Å²) < 4.78 is 16.5. The molecule has 0 spiro atoms. The van der Waals surface area contributed by atoms with E-state index in [9.17, 15) is 30.0 Å². The van der Waals surface area contributed by atoms with E-state index >= 15 is 0 Å². The molecule has 1 unspecified atom stereocenters. The zero-order valence-electron chi connectivity index (χ0n) is 18.4.